The molecule has 116 valence electrons. The van der Waals surface area contributed by atoms with Crippen LogP contribution in [0.25, 0.3) is 5.69 Å². The van der Waals surface area contributed by atoms with Gasteiger partial charge in [-0.3, -0.25) is 9.59 Å². The van der Waals surface area contributed by atoms with E-state index in [1.807, 2.05) is 0 Å². The molecule has 2 aromatic heterocycles. The number of aromatic amines is 1. The molecule has 0 saturated carbocycles. The van der Waals surface area contributed by atoms with Gasteiger partial charge >= 0.3 is 0 Å². The maximum Gasteiger partial charge on any atom is 0.253 e. The minimum Gasteiger partial charge on any atom is -0.348 e. The van der Waals surface area contributed by atoms with Crippen LogP contribution in [0.1, 0.15) is 15.9 Å². The Bertz CT molecular complexity index is 867. The molecule has 0 spiro atoms. The van der Waals surface area contributed by atoms with Crippen molar-refractivity contribution >= 4 is 5.91 Å². The van der Waals surface area contributed by atoms with Gasteiger partial charge in [0.2, 0.25) is 5.56 Å². The third kappa shape index (κ3) is 3.34. The van der Waals surface area contributed by atoms with E-state index in [2.05, 4.69) is 15.3 Å². The number of H-pyrrole nitrogens is 1. The zero-order valence-electron chi connectivity index (χ0n) is 12.0. The van der Waals surface area contributed by atoms with Crippen LogP contribution in [-0.2, 0) is 6.54 Å². The number of rotatable bonds is 4. The lowest BCUT2D eigenvalue weighted by Crippen LogP contribution is -2.23. The number of nitrogens with one attached hydrogen (secondary N) is 2. The van der Waals surface area contributed by atoms with Crippen molar-refractivity contribution in [3.8, 4) is 5.69 Å². The third-order valence-corrected chi connectivity index (χ3v) is 3.29. The minimum atomic E-state index is -0.404. The van der Waals surface area contributed by atoms with Gasteiger partial charge in [0.1, 0.15) is 5.82 Å². The topological polar surface area (TPSA) is 79.8 Å². The Kier molecular flexibility index (Phi) is 4.01. The SMILES string of the molecule is O=C(NCc1ccc(-n2ccnc2)c(F)c1)c1ccc(=O)[nH]c1. The van der Waals surface area contributed by atoms with Gasteiger partial charge in [-0.1, -0.05) is 6.07 Å². The molecule has 2 heterocycles. The number of benzene rings is 1. The van der Waals surface area contributed by atoms with Crippen LogP contribution in [0.2, 0.25) is 0 Å². The molecule has 7 heteroatoms. The predicted octanol–water partition coefficient (Wildman–Crippen LogP) is 1.63. The highest BCUT2D eigenvalue weighted by atomic mass is 19.1. The Morgan fingerprint density at radius 1 is 1.30 bits per heavy atom. The smallest absolute Gasteiger partial charge is 0.253 e. The molecule has 2 N–H and O–H groups in total. The van der Waals surface area contributed by atoms with Crippen molar-refractivity contribution in [1.82, 2.24) is 19.9 Å². The number of aromatic nitrogens is 3. The van der Waals surface area contributed by atoms with E-state index in [0.29, 0.717) is 16.8 Å². The van der Waals surface area contributed by atoms with Gasteiger partial charge in [0.25, 0.3) is 5.91 Å². The zero-order chi connectivity index (χ0) is 16.2. The second kappa shape index (κ2) is 6.27. The Hall–Kier alpha value is -3.22. The van der Waals surface area contributed by atoms with Crippen LogP contribution in [0.5, 0.6) is 0 Å². The number of halogens is 1. The highest BCUT2D eigenvalue weighted by molar-refractivity contribution is 5.93. The van der Waals surface area contributed by atoms with Crippen LogP contribution in [-0.4, -0.2) is 20.4 Å². The Balaban J connectivity index is 1.69. The van der Waals surface area contributed by atoms with Crippen molar-refractivity contribution in [2.75, 3.05) is 0 Å². The van der Waals surface area contributed by atoms with E-state index >= 15 is 0 Å². The van der Waals surface area contributed by atoms with E-state index < -0.39 is 5.82 Å². The predicted molar refractivity (Wildman–Crippen MR) is 81.8 cm³/mol. The van der Waals surface area contributed by atoms with Crippen LogP contribution in [0, 0.1) is 5.82 Å². The molecule has 0 aliphatic carbocycles. The number of hydrogen-bond acceptors (Lipinski definition) is 3. The molecule has 1 aromatic carbocycles. The monoisotopic (exact) mass is 312 g/mol. The number of carbonyl (C=O) groups excluding carboxylic acids is 1. The molecule has 6 nitrogen and oxygen atoms in total. The molecule has 0 aliphatic rings. The molecule has 0 saturated heterocycles. The first-order chi connectivity index (χ1) is 11.1. The zero-order valence-corrected chi connectivity index (χ0v) is 12.0. The Labute approximate surface area is 130 Å². The van der Waals surface area contributed by atoms with E-state index in [4.69, 9.17) is 0 Å². The average molecular weight is 312 g/mol. The lowest BCUT2D eigenvalue weighted by Gasteiger charge is -2.08. The number of hydrogen-bond donors (Lipinski definition) is 2. The van der Waals surface area contributed by atoms with Crippen molar-refractivity contribution in [2.24, 2.45) is 0 Å². The molecule has 0 aliphatic heterocycles. The van der Waals surface area contributed by atoms with Gasteiger partial charge < -0.3 is 14.9 Å². The van der Waals surface area contributed by atoms with Crippen LogP contribution in [0.15, 0.2) is 60.0 Å². The molecule has 0 radical (unpaired) electrons. The second-order valence-corrected chi connectivity index (χ2v) is 4.88. The van der Waals surface area contributed by atoms with Crippen molar-refractivity contribution < 1.29 is 9.18 Å². The lowest BCUT2D eigenvalue weighted by atomic mass is 10.2. The third-order valence-electron chi connectivity index (χ3n) is 3.29. The van der Waals surface area contributed by atoms with Crippen molar-refractivity contribution in [1.29, 1.82) is 0 Å². The maximum absolute atomic E-state index is 14.1. The van der Waals surface area contributed by atoms with Crippen molar-refractivity contribution in [2.45, 2.75) is 6.54 Å². The summed E-state index contributed by atoms with van der Waals surface area (Å²) in [4.78, 5) is 29.2. The number of nitrogens with zero attached hydrogens (tertiary/aromatic N) is 2. The number of pyridine rings is 1. The summed E-state index contributed by atoms with van der Waals surface area (Å²) in [5, 5.41) is 2.67. The Morgan fingerprint density at radius 3 is 2.83 bits per heavy atom. The van der Waals surface area contributed by atoms with Crippen LogP contribution < -0.4 is 10.9 Å². The lowest BCUT2D eigenvalue weighted by molar-refractivity contribution is 0.0950. The Morgan fingerprint density at radius 2 is 2.17 bits per heavy atom. The first-order valence-electron chi connectivity index (χ1n) is 6.87. The average Bonchev–Trinajstić information content (AvgIpc) is 3.07. The van der Waals surface area contributed by atoms with Crippen LogP contribution >= 0.6 is 0 Å². The van der Waals surface area contributed by atoms with Gasteiger partial charge in [0.05, 0.1) is 17.6 Å². The second-order valence-electron chi connectivity index (χ2n) is 4.88. The fourth-order valence-electron chi connectivity index (χ4n) is 2.11. The maximum atomic E-state index is 14.1. The summed E-state index contributed by atoms with van der Waals surface area (Å²) in [6.45, 7) is 0.180. The normalized spacial score (nSPS) is 10.5. The summed E-state index contributed by atoms with van der Waals surface area (Å²) in [5.41, 5.74) is 1.07. The summed E-state index contributed by atoms with van der Waals surface area (Å²) in [6.07, 6.45) is 6.06. The number of imidazole rings is 1. The molecule has 23 heavy (non-hydrogen) atoms. The van der Waals surface area contributed by atoms with Gasteiger partial charge in [0.15, 0.2) is 0 Å². The summed E-state index contributed by atoms with van der Waals surface area (Å²) in [6, 6.07) is 7.41. The summed E-state index contributed by atoms with van der Waals surface area (Å²) >= 11 is 0. The van der Waals surface area contributed by atoms with E-state index in [1.165, 1.54) is 30.7 Å². The highest BCUT2D eigenvalue weighted by Crippen LogP contribution is 2.15. The number of carbonyl (C=O) groups is 1. The molecule has 1 amide bonds. The number of amides is 1. The fourth-order valence-corrected chi connectivity index (χ4v) is 2.11. The summed E-state index contributed by atoms with van der Waals surface area (Å²) in [5.74, 6) is -0.751. The van der Waals surface area contributed by atoms with Crippen LogP contribution in [0.3, 0.4) is 0 Å². The van der Waals surface area contributed by atoms with Crippen molar-refractivity contribution in [3.05, 3.63) is 82.5 Å². The molecule has 0 fully saturated rings. The van der Waals surface area contributed by atoms with E-state index in [-0.39, 0.29) is 18.0 Å². The molecular weight excluding hydrogens is 299 g/mol. The largest absolute Gasteiger partial charge is 0.348 e. The first kappa shape index (κ1) is 14.7. The quantitative estimate of drug-likeness (QED) is 0.768. The molecular formula is C16H13FN4O2. The fraction of sp³-hybridized carbons (Fsp3) is 0.0625. The van der Waals surface area contributed by atoms with Gasteiger partial charge in [-0.2, -0.15) is 0 Å². The van der Waals surface area contributed by atoms with Crippen LogP contribution in [0.4, 0.5) is 4.39 Å². The minimum absolute atomic E-state index is 0.180. The highest BCUT2D eigenvalue weighted by Gasteiger charge is 2.08. The van der Waals surface area contributed by atoms with Gasteiger partial charge in [0, 0.05) is 31.2 Å². The van der Waals surface area contributed by atoms with Gasteiger partial charge in [-0.15, -0.1) is 0 Å². The molecule has 3 rings (SSSR count). The van der Waals surface area contributed by atoms with E-state index in [0.717, 1.165) is 0 Å². The molecule has 0 bridgehead atoms. The van der Waals surface area contributed by atoms with E-state index in [1.54, 1.807) is 29.1 Å². The van der Waals surface area contributed by atoms with Gasteiger partial charge in [-0.25, -0.2) is 9.37 Å². The summed E-state index contributed by atoms with van der Waals surface area (Å²) < 4.78 is 15.7. The van der Waals surface area contributed by atoms with Crippen molar-refractivity contribution in [3.63, 3.8) is 0 Å². The van der Waals surface area contributed by atoms with Gasteiger partial charge in [-0.05, 0) is 23.8 Å². The molecule has 0 atom stereocenters. The van der Waals surface area contributed by atoms with E-state index in [9.17, 15) is 14.0 Å². The summed E-state index contributed by atoms with van der Waals surface area (Å²) in [7, 11) is 0. The standard InChI is InChI=1S/C16H13FN4O2/c17-13-7-11(1-3-14(13)21-6-5-18-10-21)8-20-16(23)12-2-4-15(22)19-9-12/h1-7,9-10H,8H2,(H,19,22)(H,20,23). The molecule has 0 unspecified atom stereocenters. The first-order valence-corrected chi connectivity index (χ1v) is 6.87. The molecule has 3 aromatic rings.